The highest BCUT2D eigenvalue weighted by Crippen LogP contribution is 2.31. The molecule has 0 bridgehead atoms. The number of carboxylic acid groups (broad SMARTS) is 1. The second-order valence-electron chi connectivity index (χ2n) is 3.54. The number of hydrogen-bond donors (Lipinski definition) is 1. The molecule has 0 aliphatic heterocycles. The number of carbonyl (C=O) groups is 1. The van der Waals surface area contributed by atoms with Crippen LogP contribution in [0, 0.1) is 10.1 Å². The van der Waals surface area contributed by atoms with Gasteiger partial charge in [0.15, 0.2) is 5.56 Å². The molecular weight excluding hydrogens is 224 g/mol. The fourth-order valence-electron chi connectivity index (χ4n) is 2.01. The first-order valence-corrected chi connectivity index (χ1v) is 5.07. The van der Waals surface area contributed by atoms with Crippen molar-refractivity contribution in [3.63, 3.8) is 0 Å². The molecule has 0 atom stereocenters. The highest BCUT2D eigenvalue weighted by molar-refractivity contribution is 5.98. The second kappa shape index (κ2) is 3.89. The van der Waals surface area contributed by atoms with Crippen LogP contribution in [-0.2, 0) is 6.42 Å². The average Bonchev–Trinajstić information content (AvgIpc) is 2.63. The van der Waals surface area contributed by atoms with Crippen molar-refractivity contribution < 1.29 is 14.8 Å². The standard InChI is InChI=1S/C11H10N2O4/c1-2-7-9(11(14)15)10(13(16)17)8-5-3-4-6-12(7)8/h3-6H,2H2,1H3,(H,14,15). The van der Waals surface area contributed by atoms with Gasteiger partial charge >= 0.3 is 11.7 Å². The van der Waals surface area contributed by atoms with Crippen LogP contribution >= 0.6 is 0 Å². The van der Waals surface area contributed by atoms with Gasteiger partial charge < -0.3 is 9.51 Å². The van der Waals surface area contributed by atoms with Crippen molar-refractivity contribution in [1.29, 1.82) is 0 Å². The van der Waals surface area contributed by atoms with Crippen LogP contribution in [0.5, 0.6) is 0 Å². The maximum absolute atomic E-state index is 11.2. The zero-order valence-corrected chi connectivity index (χ0v) is 9.08. The lowest BCUT2D eigenvalue weighted by Gasteiger charge is -1.98. The highest BCUT2D eigenvalue weighted by atomic mass is 16.6. The lowest BCUT2D eigenvalue weighted by molar-refractivity contribution is -0.383. The third-order valence-electron chi connectivity index (χ3n) is 2.65. The van der Waals surface area contributed by atoms with Gasteiger partial charge in [-0.05, 0) is 18.6 Å². The molecule has 2 rings (SSSR count). The number of hydrogen-bond acceptors (Lipinski definition) is 3. The number of fused-ring (bicyclic) bond motifs is 1. The minimum Gasteiger partial charge on any atom is -0.477 e. The summed E-state index contributed by atoms with van der Waals surface area (Å²) < 4.78 is 1.56. The maximum atomic E-state index is 11.2. The summed E-state index contributed by atoms with van der Waals surface area (Å²) >= 11 is 0. The predicted octanol–water partition coefficient (Wildman–Crippen LogP) is 2.11. The first kappa shape index (κ1) is 11.1. The van der Waals surface area contributed by atoms with Crippen molar-refractivity contribution in [3.05, 3.63) is 45.8 Å². The Morgan fingerprint density at radius 2 is 2.24 bits per heavy atom. The molecule has 17 heavy (non-hydrogen) atoms. The number of rotatable bonds is 3. The smallest absolute Gasteiger partial charge is 0.344 e. The quantitative estimate of drug-likeness (QED) is 0.651. The van der Waals surface area contributed by atoms with E-state index >= 15 is 0 Å². The molecule has 0 aromatic carbocycles. The van der Waals surface area contributed by atoms with Crippen molar-refractivity contribution in [2.75, 3.05) is 0 Å². The van der Waals surface area contributed by atoms with E-state index in [0.717, 1.165) is 0 Å². The molecule has 88 valence electrons. The van der Waals surface area contributed by atoms with E-state index in [1.165, 1.54) is 0 Å². The second-order valence-corrected chi connectivity index (χ2v) is 3.54. The van der Waals surface area contributed by atoms with E-state index in [2.05, 4.69) is 0 Å². The van der Waals surface area contributed by atoms with Crippen LogP contribution in [0.2, 0.25) is 0 Å². The Labute approximate surface area is 96.3 Å². The van der Waals surface area contributed by atoms with Crippen LogP contribution in [0.25, 0.3) is 5.52 Å². The molecule has 2 aromatic heterocycles. The van der Waals surface area contributed by atoms with Gasteiger partial charge in [0.1, 0.15) is 5.52 Å². The molecule has 0 spiro atoms. The van der Waals surface area contributed by atoms with E-state index in [1.807, 2.05) is 0 Å². The normalized spacial score (nSPS) is 10.6. The van der Waals surface area contributed by atoms with Gasteiger partial charge in [0.05, 0.1) is 4.92 Å². The summed E-state index contributed by atoms with van der Waals surface area (Å²) in [7, 11) is 0. The maximum Gasteiger partial charge on any atom is 0.344 e. The van der Waals surface area contributed by atoms with Gasteiger partial charge in [0.2, 0.25) is 0 Å². The molecule has 2 heterocycles. The monoisotopic (exact) mass is 234 g/mol. The van der Waals surface area contributed by atoms with Crippen LogP contribution in [-0.4, -0.2) is 20.4 Å². The third-order valence-corrected chi connectivity index (χ3v) is 2.65. The summed E-state index contributed by atoms with van der Waals surface area (Å²) in [6, 6.07) is 4.90. The van der Waals surface area contributed by atoms with Crippen LogP contribution in [0.1, 0.15) is 23.0 Å². The third kappa shape index (κ3) is 1.54. The molecule has 1 N–H and O–H groups in total. The first-order chi connectivity index (χ1) is 8.07. The summed E-state index contributed by atoms with van der Waals surface area (Å²) in [5.41, 5.74) is 0.199. The summed E-state index contributed by atoms with van der Waals surface area (Å²) in [6.45, 7) is 1.77. The number of pyridine rings is 1. The largest absolute Gasteiger partial charge is 0.477 e. The zero-order valence-electron chi connectivity index (χ0n) is 9.08. The van der Waals surface area contributed by atoms with Crippen LogP contribution in [0.15, 0.2) is 24.4 Å². The van der Waals surface area contributed by atoms with Gasteiger partial charge in [0, 0.05) is 11.9 Å². The molecule has 0 saturated carbocycles. The van der Waals surface area contributed by atoms with Crippen molar-refractivity contribution in [2.24, 2.45) is 0 Å². The van der Waals surface area contributed by atoms with Gasteiger partial charge in [-0.25, -0.2) is 4.79 Å². The highest BCUT2D eigenvalue weighted by Gasteiger charge is 2.30. The van der Waals surface area contributed by atoms with E-state index in [9.17, 15) is 14.9 Å². The Hall–Kier alpha value is -2.37. The van der Waals surface area contributed by atoms with Crippen LogP contribution in [0.3, 0.4) is 0 Å². The molecule has 6 nitrogen and oxygen atoms in total. The van der Waals surface area contributed by atoms with Crippen LogP contribution < -0.4 is 0 Å². The van der Waals surface area contributed by atoms with Crippen molar-refractivity contribution in [2.45, 2.75) is 13.3 Å². The summed E-state index contributed by atoms with van der Waals surface area (Å²) in [5.74, 6) is -1.27. The molecule has 0 unspecified atom stereocenters. The zero-order chi connectivity index (χ0) is 12.6. The fourth-order valence-corrected chi connectivity index (χ4v) is 2.01. The molecule has 0 aliphatic carbocycles. The fraction of sp³-hybridized carbons (Fsp3) is 0.182. The van der Waals surface area contributed by atoms with Crippen molar-refractivity contribution in [1.82, 2.24) is 4.40 Å². The molecular formula is C11H10N2O4. The SMILES string of the molecule is CCc1c(C(=O)O)c([N+](=O)[O-])c2ccccn12. The molecule has 0 amide bonds. The molecule has 0 fully saturated rings. The average molecular weight is 234 g/mol. The van der Waals surface area contributed by atoms with Gasteiger partial charge in [0.25, 0.3) is 0 Å². The van der Waals surface area contributed by atoms with E-state index in [4.69, 9.17) is 5.11 Å². The Balaban J connectivity index is 2.97. The van der Waals surface area contributed by atoms with Gasteiger partial charge in [-0.3, -0.25) is 10.1 Å². The number of aryl methyl sites for hydroxylation is 1. The topological polar surface area (TPSA) is 84.8 Å². The summed E-state index contributed by atoms with van der Waals surface area (Å²) in [6.07, 6.45) is 2.05. The number of aromatic nitrogens is 1. The number of carboxylic acids is 1. The molecule has 6 heteroatoms. The van der Waals surface area contributed by atoms with E-state index < -0.39 is 10.9 Å². The lowest BCUT2D eigenvalue weighted by atomic mass is 10.2. The first-order valence-electron chi connectivity index (χ1n) is 5.07. The molecule has 2 aromatic rings. The minimum atomic E-state index is -1.27. The Morgan fingerprint density at radius 1 is 1.53 bits per heavy atom. The minimum absolute atomic E-state index is 0.219. The van der Waals surface area contributed by atoms with Crippen molar-refractivity contribution in [3.8, 4) is 0 Å². The van der Waals surface area contributed by atoms with Gasteiger partial charge in [-0.1, -0.05) is 13.0 Å². The summed E-state index contributed by atoms with van der Waals surface area (Å²) in [4.78, 5) is 21.5. The molecule has 0 radical (unpaired) electrons. The van der Waals surface area contributed by atoms with E-state index in [-0.39, 0.29) is 11.3 Å². The van der Waals surface area contributed by atoms with Crippen molar-refractivity contribution >= 4 is 17.2 Å². The lowest BCUT2D eigenvalue weighted by Crippen LogP contribution is -2.03. The predicted molar refractivity (Wildman–Crippen MR) is 60.4 cm³/mol. The van der Waals surface area contributed by atoms with E-state index in [1.54, 1.807) is 35.7 Å². The number of nitro groups is 1. The van der Waals surface area contributed by atoms with Crippen LogP contribution in [0.4, 0.5) is 5.69 Å². The summed E-state index contributed by atoms with van der Waals surface area (Å²) in [5, 5.41) is 20.1. The van der Waals surface area contributed by atoms with Gasteiger partial charge in [-0.15, -0.1) is 0 Å². The Bertz CT molecular complexity index is 615. The van der Waals surface area contributed by atoms with Gasteiger partial charge in [-0.2, -0.15) is 0 Å². The molecule has 0 aliphatic rings. The molecule has 0 saturated heterocycles. The van der Waals surface area contributed by atoms with E-state index in [0.29, 0.717) is 17.6 Å². The number of aromatic carboxylic acids is 1. The Morgan fingerprint density at radius 3 is 2.76 bits per heavy atom. The Kier molecular flexibility index (Phi) is 2.55. The number of nitrogens with zero attached hydrogens (tertiary/aromatic N) is 2.